The van der Waals surface area contributed by atoms with Crippen molar-refractivity contribution in [2.24, 2.45) is 11.3 Å². The van der Waals surface area contributed by atoms with Crippen LogP contribution in [0.15, 0.2) is 30.3 Å². The van der Waals surface area contributed by atoms with Gasteiger partial charge in [-0.2, -0.15) is 0 Å². The molecule has 0 aromatic carbocycles. The van der Waals surface area contributed by atoms with E-state index in [1.165, 1.54) is 26.0 Å². The Hall–Kier alpha value is -3.88. The first-order valence-electron chi connectivity index (χ1n) is 12.6. The highest BCUT2D eigenvalue weighted by atomic mass is 16.5. The number of amides is 1. The van der Waals surface area contributed by atoms with E-state index in [0.717, 1.165) is 40.4 Å². The van der Waals surface area contributed by atoms with Crippen molar-refractivity contribution in [3.05, 3.63) is 47.3 Å². The number of hydrogen-bond donors (Lipinski definition) is 2. The van der Waals surface area contributed by atoms with E-state index in [9.17, 15) is 14.7 Å². The van der Waals surface area contributed by atoms with Crippen molar-refractivity contribution in [2.45, 2.75) is 60.0 Å². The number of aryl methyl sites for hydroxylation is 1. The minimum atomic E-state index is -1.03. The average molecular weight is 504 g/mol. The molecular weight excluding hydrogens is 470 g/mol. The minimum absolute atomic E-state index is 0.0223. The number of carboxylic acids is 1. The van der Waals surface area contributed by atoms with Crippen LogP contribution in [0.2, 0.25) is 0 Å². The van der Waals surface area contributed by atoms with Gasteiger partial charge in [0.1, 0.15) is 17.0 Å². The van der Waals surface area contributed by atoms with E-state index in [1.807, 2.05) is 51.2 Å². The Bertz CT molecular complexity index is 1540. The predicted octanol–water partition coefficient (Wildman–Crippen LogP) is 5.00. The second-order valence-electron chi connectivity index (χ2n) is 11.0. The highest BCUT2D eigenvalue weighted by Gasteiger charge is 2.28. The van der Waals surface area contributed by atoms with Crippen molar-refractivity contribution in [1.82, 2.24) is 24.3 Å². The summed E-state index contributed by atoms with van der Waals surface area (Å²) in [6.07, 6.45) is 2.35. The number of ether oxygens (including phenoxy) is 1. The third kappa shape index (κ3) is 4.54. The summed E-state index contributed by atoms with van der Waals surface area (Å²) in [6, 6.07) is 8.92. The number of carbonyl (C=O) groups is 2. The van der Waals surface area contributed by atoms with Gasteiger partial charge in [-0.05, 0) is 56.9 Å². The first-order chi connectivity index (χ1) is 17.5. The van der Waals surface area contributed by atoms with Crippen LogP contribution in [0.25, 0.3) is 28.1 Å². The van der Waals surface area contributed by atoms with Crippen LogP contribution in [-0.4, -0.2) is 43.0 Å². The van der Waals surface area contributed by atoms with Gasteiger partial charge in [0.05, 0.1) is 35.8 Å². The Morgan fingerprint density at radius 1 is 1.19 bits per heavy atom. The van der Waals surface area contributed by atoms with Crippen molar-refractivity contribution >= 4 is 28.6 Å². The third-order valence-corrected chi connectivity index (χ3v) is 6.99. The SMILES string of the molecule is COc1cc(C(=O)O)cc2nc(-c3cc4ccc([C@@H](C)NC(=O)C(C)(C)C)nc4n3CC3CC3)c(C)n12. The molecule has 4 heterocycles. The van der Waals surface area contributed by atoms with E-state index in [1.54, 1.807) is 6.07 Å². The van der Waals surface area contributed by atoms with Gasteiger partial charge in [-0.3, -0.25) is 9.20 Å². The van der Waals surface area contributed by atoms with Crippen LogP contribution < -0.4 is 10.1 Å². The highest BCUT2D eigenvalue weighted by molar-refractivity contribution is 5.90. The maximum absolute atomic E-state index is 12.6. The lowest BCUT2D eigenvalue weighted by molar-refractivity contribution is -0.129. The molecule has 0 aliphatic heterocycles. The number of aromatic nitrogens is 4. The molecule has 1 fully saturated rings. The van der Waals surface area contributed by atoms with E-state index in [-0.39, 0.29) is 17.5 Å². The summed E-state index contributed by atoms with van der Waals surface area (Å²) in [5.74, 6) is -0.0515. The topological polar surface area (TPSA) is 111 Å². The Morgan fingerprint density at radius 3 is 2.54 bits per heavy atom. The second kappa shape index (κ2) is 8.90. The zero-order valence-corrected chi connectivity index (χ0v) is 22.1. The number of rotatable bonds is 7. The molecular formula is C28H33N5O4. The van der Waals surface area contributed by atoms with Crippen molar-refractivity contribution in [3.8, 4) is 17.3 Å². The zero-order chi connectivity index (χ0) is 26.6. The van der Waals surface area contributed by atoms with Gasteiger partial charge >= 0.3 is 5.97 Å². The number of imidazole rings is 1. The summed E-state index contributed by atoms with van der Waals surface area (Å²) in [6.45, 7) is 10.4. The summed E-state index contributed by atoms with van der Waals surface area (Å²) >= 11 is 0. The molecule has 4 aromatic heterocycles. The van der Waals surface area contributed by atoms with Gasteiger partial charge in [0, 0.05) is 23.4 Å². The standard InChI is InChI=1S/C28H33N5O4/c1-15(29-27(36)28(3,4)5)20-10-9-18-11-21(32(25(18)30-20)14-17-7-8-17)24-16(2)33-22(31-24)12-19(26(34)35)13-23(33)37-6/h9-13,15,17H,7-8,14H2,1-6H3,(H,29,36)(H,34,35)/t15-/m1/s1. The lowest BCUT2D eigenvalue weighted by Crippen LogP contribution is -2.36. The molecule has 9 heteroatoms. The van der Waals surface area contributed by atoms with E-state index in [2.05, 4.69) is 16.0 Å². The maximum atomic E-state index is 12.6. The zero-order valence-electron chi connectivity index (χ0n) is 22.1. The fourth-order valence-corrected chi connectivity index (χ4v) is 4.60. The smallest absolute Gasteiger partial charge is 0.336 e. The maximum Gasteiger partial charge on any atom is 0.336 e. The van der Waals surface area contributed by atoms with Crippen LogP contribution >= 0.6 is 0 Å². The van der Waals surface area contributed by atoms with Gasteiger partial charge in [0.25, 0.3) is 0 Å². The molecule has 194 valence electrons. The van der Waals surface area contributed by atoms with Crippen molar-refractivity contribution in [1.29, 1.82) is 0 Å². The van der Waals surface area contributed by atoms with E-state index < -0.39 is 11.4 Å². The number of carbonyl (C=O) groups excluding carboxylic acids is 1. The monoisotopic (exact) mass is 503 g/mol. The largest absolute Gasteiger partial charge is 0.482 e. The highest BCUT2D eigenvalue weighted by Crippen LogP contribution is 2.37. The second-order valence-corrected chi connectivity index (χ2v) is 11.0. The lowest BCUT2D eigenvalue weighted by Gasteiger charge is -2.21. The van der Waals surface area contributed by atoms with Crippen LogP contribution in [0.3, 0.4) is 0 Å². The van der Waals surface area contributed by atoms with E-state index in [4.69, 9.17) is 14.7 Å². The van der Waals surface area contributed by atoms with Gasteiger partial charge in [-0.1, -0.05) is 20.8 Å². The number of aromatic carboxylic acids is 1. The average Bonchev–Trinajstić information content (AvgIpc) is 3.51. The Kier molecular flexibility index (Phi) is 5.96. The van der Waals surface area contributed by atoms with Crippen LogP contribution in [0.1, 0.15) is 68.3 Å². The molecule has 0 radical (unpaired) electrons. The molecule has 1 amide bonds. The first-order valence-corrected chi connectivity index (χ1v) is 12.6. The summed E-state index contributed by atoms with van der Waals surface area (Å²) in [4.78, 5) is 34.1. The van der Waals surface area contributed by atoms with E-state index in [0.29, 0.717) is 17.4 Å². The number of nitrogens with zero attached hydrogens (tertiary/aromatic N) is 4. The summed E-state index contributed by atoms with van der Waals surface area (Å²) in [5.41, 5.74) is 4.34. The van der Waals surface area contributed by atoms with E-state index >= 15 is 0 Å². The summed E-state index contributed by atoms with van der Waals surface area (Å²) < 4.78 is 9.57. The Balaban J connectivity index is 1.64. The van der Waals surface area contributed by atoms with Gasteiger partial charge in [0.2, 0.25) is 5.91 Å². The molecule has 37 heavy (non-hydrogen) atoms. The molecule has 0 spiro atoms. The first kappa shape index (κ1) is 24.8. The van der Waals surface area contributed by atoms with Crippen LogP contribution in [0, 0.1) is 18.3 Å². The predicted molar refractivity (Wildman–Crippen MR) is 141 cm³/mol. The normalized spacial score (nSPS) is 14.8. The molecule has 0 unspecified atom stereocenters. The quantitative estimate of drug-likeness (QED) is 0.367. The molecule has 9 nitrogen and oxygen atoms in total. The van der Waals surface area contributed by atoms with Crippen molar-refractivity contribution in [3.63, 3.8) is 0 Å². The van der Waals surface area contributed by atoms with Crippen LogP contribution in [0.4, 0.5) is 0 Å². The van der Waals surface area contributed by atoms with Crippen molar-refractivity contribution in [2.75, 3.05) is 7.11 Å². The number of hydrogen-bond acceptors (Lipinski definition) is 5. The van der Waals surface area contributed by atoms with Crippen LogP contribution in [0.5, 0.6) is 5.88 Å². The molecule has 1 aliphatic rings. The summed E-state index contributed by atoms with van der Waals surface area (Å²) in [7, 11) is 1.52. The molecule has 4 aromatic rings. The van der Waals surface area contributed by atoms with Gasteiger partial charge in [-0.25, -0.2) is 14.8 Å². The minimum Gasteiger partial charge on any atom is -0.482 e. The van der Waals surface area contributed by atoms with Gasteiger partial charge in [-0.15, -0.1) is 0 Å². The molecule has 1 atom stereocenters. The van der Waals surface area contributed by atoms with Crippen molar-refractivity contribution < 1.29 is 19.4 Å². The lowest BCUT2D eigenvalue weighted by atomic mass is 9.95. The molecule has 1 saturated carbocycles. The molecule has 5 rings (SSSR count). The molecule has 1 aliphatic carbocycles. The molecule has 2 N–H and O–H groups in total. The summed E-state index contributed by atoms with van der Waals surface area (Å²) in [5, 5.41) is 13.6. The fraction of sp³-hybridized carbons (Fsp3) is 0.429. The Morgan fingerprint density at radius 2 is 1.92 bits per heavy atom. The number of carboxylic acid groups (broad SMARTS) is 1. The van der Waals surface area contributed by atoms with Gasteiger partial charge < -0.3 is 19.7 Å². The molecule has 0 bridgehead atoms. The van der Waals surface area contributed by atoms with Crippen LogP contribution in [-0.2, 0) is 11.3 Å². The van der Waals surface area contributed by atoms with Gasteiger partial charge in [0.15, 0.2) is 5.88 Å². The Labute approximate surface area is 215 Å². The molecule has 0 saturated heterocycles. The number of pyridine rings is 2. The third-order valence-electron chi connectivity index (χ3n) is 6.99. The number of methoxy groups -OCH3 is 1. The number of nitrogens with one attached hydrogen (secondary N) is 1. The number of fused-ring (bicyclic) bond motifs is 2. The fourth-order valence-electron chi connectivity index (χ4n) is 4.60.